The van der Waals surface area contributed by atoms with Gasteiger partial charge in [-0.25, -0.2) is 4.98 Å². The highest BCUT2D eigenvalue weighted by molar-refractivity contribution is 7.21. The molecule has 0 radical (unpaired) electrons. The van der Waals surface area contributed by atoms with Crippen molar-refractivity contribution in [3.63, 3.8) is 0 Å². The summed E-state index contributed by atoms with van der Waals surface area (Å²) >= 11 is 1.19. The zero-order valence-electron chi connectivity index (χ0n) is 17.7. The van der Waals surface area contributed by atoms with Crippen LogP contribution in [0.2, 0.25) is 0 Å². The number of aryl methyl sites for hydroxylation is 1. The Balaban J connectivity index is 1.59. The molecule has 11 heteroatoms. The van der Waals surface area contributed by atoms with Crippen LogP contribution in [0.25, 0.3) is 21.5 Å². The second-order valence-corrected chi connectivity index (χ2v) is 8.22. The van der Waals surface area contributed by atoms with Crippen LogP contribution in [0.5, 0.6) is 0 Å². The number of rotatable bonds is 5. The zero-order chi connectivity index (χ0) is 23.7. The van der Waals surface area contributed by atoms with Crippen LogP contribution < -0.4 is 0 Å². The molecule has 3 heterocycles. The standard InChI is InChI=1S/C23H15N7O3S/c1-14-20(26-27-23-25-18-8-7-17(30(32)33)13-19(18)34-23)21(15-5-3-2-4-6-15)29(28-14)22(31)16-9-11-24-12-10-16/h2-13H,1H3. The van der Waals surface area contributed by atoms with Crippen LogP contribution in [0.3, 0.4) is 0 Å². The molecule has 0 fully saturated rings. The maximum absolute atomic E-state index is 13.2. The van der Waals surface area contributed by atoms with Gasteiger partial charge in [0.25, 0.3) is 11.6 Å². The molecule has 5 aromatic rings. The molecule has 0 amide bonds. The third-order valence-electron chi connectivity index (χ3n) is 5.00. The van der Waals surface area contributed by atoms with Gasteiger partial charge in [-0.3, -0.25) is 19.9 Å². The van der Waals surface area contributed by atoms with Crippen molar-refractivity contribution in [2.45, 2.75) is 6.92 Å². The van der Waals surface area contributed by atoms with Gasteiger partial charge in [-0.15, -0.1) is 10.2 Å². The molecule has 2 aromatic carbocycles. The number of carbonyl (C=O) groups is 1. The van der Waals surface area contributed by atoms with E-state index in [1.807, 2.05) is 30.3 Å². The Morgan fingerprint density at radius 2 is 1.82 bits per heavy atom. The van der Waals surface area contributed by atoms with Gasteiger partial charge in [-0.1, -0.05) is 41.7 Å². The average Bonchev–Trinajstić information content (AvgIpc) is 3.42. The fraction of sp³-hybridized carbons (Fsp3) is 0.0435. The summed E-state index contributed by atoms with van der Waals surface area (Å²) in [7, 11) is 0. The van der Waals surface area contributed by atoms with Crippen molar-refractivity contribution >= 4 is 44.0 Å². The van der Waals surface area contributed by atoms with E-state index in [2.05, 4.69) is 25.3 Å². The summed E-state index contributed by atoms with van der Waals surface area (Å²) in [6.45, 7) is 1.75. The first-order valence-electron chi connectivity index (χ1n) is 10.1. The number of benzene rings is 2. The highest BCUT2D eigenvalue weighted by Gasteiger charge is 2.22. The summed E-state index contributed by atoms with van der Waals surface area (Å²) in [6.07, 6.45) is 3.09. The number of nitrogens with zero attached hydrogens (tertiary/aromatic N) is 7. The molecule has 10 nitrogen and oxygen atoms in total. The van der Waals surface area contributed by atoms with E-state index in [-0.39, 0.29) is 11.6 Å². The minimum Gasteiger partial charge on any atom is -0.267 e. The van der Waals surface area contributed by atoms with Gasteiger partial charge in [0.15, 0.2) is 0 Å². The maximum atomic E-state index is 13.2. The molecule has 0 aliphatic rings. The Labute approximate surface area is 196 Å². The molecule has 0 N–H and O–H groups in total. The average molecular weight is 469 g/mol. The van der Waals surface area contributed by atoms with Crippen LogP contribution in [0.15, 0.2) is 83.3 Å². The van der Waals surface area contributed by atoms with E-state index in [1.165, 1.54) is 28.2 Å². The van der Waals surface area contributed by atoms with E-state index >= 15 is 0 Å². The van der Waals surface area contributed by atoms with Gasteiger partial charge in [0.05, 0.1) is 20.8 Å². The molecular weight excluding hydrogens is 454 g/mol. The number of pyridine rings is 1. The quantitative estimate of drug-likeness (QED) is 0.180. The second kappa shape index (κ2) is 8.71. The van der Waals surface area contributed by atoms with E-state index in [0.29, 0.717) is 38.0 Å². The number of hydrogen-bond acceptors (Lipinski definition) is 9. The number of fused-ring (bicyclic) bond motifs is 1. The molecule has 0 aliphatic carbocycles. The molecule has 5 rings (SSSR count). The van der Waals surface area contributed by atoms with Crippen molar-refractivity contribution in [3.05, 3.63) is 94.4 Å². The molecule has 0 bridgehead atoms. The first-order chi connectivity index (χ1) is 16.5. The fourth-order valence-electron chi connectivity index (χ4n) is 3.41. The lowest BCUT2D eigenvalue weighted by Crippen LogP contribution is -2.15. The first kappa shape index (κ1) is 21.2. The van der Waals surface area contributed by atoms with E-state index in [9.17, 15) is 14.9 Å². The van der Waals surface area contributed by atoms with Crippen LogP contribution >= 0.6 is 11.3 Å². The van der Waals surface area contributed by atoms with Gasteiger partial charge in [0.2, 0.25) is 5.13 Å². The van der Waals surface area contributed by atoms with Crippen LogP contribution in [0.4, 0.5) is 16.5 Å². The van der Waals surface area contributed by atoms with E-state index in [0.717, 1.165) is 5.56 Å². The molecule has 0 atom stereocenters. The molecule has 3 aromatic heterocycles. The normalized spacial score (nSPS) is 11.3. The molecule has 0 saturated carbocycles. The van der Waals surface area contributed by atoms with Gasteiger partial charge in [-0.2, -0.15) is 9.78 Å². The molecule has 0 spiro atoms. The largest absolute Gasteiger partial charge is 0.278 e. The predicted octanol–water partition coefficient (Wildman–Crippen LogP) is 5.88. The Morgan fingerprint density at radius 1 is 1.06 bits per heavy atom. The Kier molecular flexibility index (Phi) is 5.44. The number of hydrogen-bond donors (Lipinski definition) is 0. The number of thiazole rings is 1. The number of carbonyl (C=O) groups excluding carboxylic acids is 1. The van der Waals surface area contributed by atoms with E-state index < -0.39 is 4.92 Å². The van der Waals surface area contributed by atoms with Crippen molar-refractivity contribution in [2.24, 2.45) is 10.2 Å². The topological polar surface area (TPSA) is 129 Å². The van der Waals surface area contributed by atoms with Gasteiger partial charge >= 0.3 is 0 Å². The number of azo groups is 1. The van der Waals surface area contributed by atoms with Crippen LogP contribution in [0, 0.1) is 17.0 Å². The lowest BCUT2D eigenvalue weighted by Gasteiger charge is -2.07. The summed E-state index contributed by atoms with van der Waals surface area (Å²) in [6, 6.07) is 17.0. The highest BCUT2D eigenvalue weighted by atomic mass is 32.1. The lowest BCUT2D eigenvalue weighted by atomic mass is 10.1. The molecule has 0 saturated heterocycles. The molecule has 166 valence electrons. The smallest absolute Gasteiger partial charge is 0.267 e. The van der Waals surface area contributed by atoms with Crippen molar-refractivity contribution < 1.29 is 9.72 Å². The Morgan fingerprint density at radius 3 is 2.56 bits per heavy atom. The minimum atomic E-state index is -0.454. The Hall–Kier alpha value is -4.64. The fourth-order valence-corrected chi connectivity index (χ4v) is 4.23. The Bertz CT molecular complexity index is 1560. The summed E-state index contributed by atoms with van der Waals surface area (Å²) in [5, 5.41) is 24.5. The van der Waals surface area contributed by atoms with Crippen molar-refractivity contribution in [2.75, 3.05) is 0 Å². The van der Waals surface area contributed by atoms with E-state index in [1.54, 1.807) is 37.5 Å². The predicted molar refractivity (Wildman–Crippen MR) is 127 cm³/mol. The second-order valence-electron chi connectivity index (χ2n) is 7.21. The van der Waals surface area contributed by atoms with Crippen molar-refractivity contribution in [3.8, 4) is 11.3 Å². The zero-order valence-corrected chi connectivity index (χ0v) is 18.5. The van der Waals surface area contributed by atoms with Crippen LogP contribution in [0.1, 0.15) is 16.1 Å². The number of nitro groups is 1. The van der Waals surface area contributed by atoms with Crippen LogP contribution in [-0.4, -0.2) is 30.6 Å². The third-order valence-corrected chi connectivity index (χ3v) is 5.91. The van der Waals surface area contributed by atoms with Gasteiger partial charge in [-0.05, 0) is 25.1 Å². The molecule has 34 heavy (non-hydrogen) atoms. The summed E-state index contributed by atoms with van der Waals surface area (Å²) in [5.74, 6) is -0.321. The minimum absolute atomic E-state index is 0.0160. The number of non-ortho nitro benzene ring substituents is 1. The van der Waals surface area contributed by atoms with E-state index in [4.69, 9.17) is 0 Å². The maximum Gasteiger partial charge on any atom is 0.278 e. The van der Waals surface area contributed by atoms with Crippen molar-refractivity contribution in [1.82, 2.24) is 19.7 Å². The van der Waals surface area contributed by atoms with Gasteiger partial charge in [0, 0.05) is 35.7 Å². The van der Waals surface area contributed by atoms with Gasteiger partial charge in [0.1, 0.15) is 11.4 Å². The molecule has 0 unspecified atom stereocenters. The monoisotopic (exact) mass is 469 g/mol. The summed E-state index contributed by atoms with van der Waals surface area (Å²) in [5.41, 5.74) is 3.21. The summed E-state index contributed by atoms with van der Waals surface area (Å²) < 4.78 is 1.95. The van der Waals surface area contributed by atoms with Crippen molar-refractivity contribution in [1.29, 1.82) is 0 Å². The lowest BCUT2D eigenvalue weighted by molar-refractivity contribution is -0.384. The molecule has 0 aliphatic heterocycles. The van der Waals surface area contributed by atoms with Gasteiger partial charge < -0.3 is 0 Å². The SMILES string of the molecule is Cc1nn(C(=O)c2ccncc2)c(-c2ccccc2)c1N=Nc1nc2ccc([N+](=O)[O-])cc2s1. The summed E-state index contributed by atoms with van der Waals surface area (Å²) in [4.78, 5) is 32.2. The molecular formula is C23H15N7O3S. The number of nitro benzene ring substituents is 1. The third kappa shape index (κ3) is 3.95. The first-order valence-corrected chi connectivity index (χ1v) is 10.9. The highest BCUT2D eigenvalue weighted by Crippen LogP contribution is 2.37. The van der Waals surface area contributed by atoms with Crippen LogP contribution in [-0.2, 0) is 0 Å². The number of aromatic nitrogens is 4.